The summed E-state index contributed by atoms with van der Waals surface area (Å²) < 4.78 is 5.67. The molecule has 118 valence electrons. The summed E-state index contributed by atoms with van der Waals surface area (Å²) in [6, 6.07) is 8.24. The van der Waals surface area contributed by atoms with Gasteiger partial charge < -0.3 is 15.4 Å². The summed E-state index contributed by atoms with van der Waals surface area (Å²) in [6.07, 6.45) is 0.895. The van der Waals surface area contributed by atoms with Crippen molar-refractivity contribution in [1.29, 1.82) is 0 Å². The number of ether oxygens (including phenoxy) is 1. The fraction of sp³-hybridized carbons (Fsp3) is 0.588. The van der Waals surface area contributed by atoms with Crippen molar-refractivity contribution in [3.63, 3.8) is 0 Å². The lowest BCUT2D eigenvalue weighted by Crippen LogP contribution is -2.37. The van der Waals surface area contributed by atoms with Crippen LogP contribution >= 0.6 is 0 Å². The van der Waals surface area contributed by atoms with Gasteiger partial charge in [0, 0.05) is 19.6 Å². The van der Waals surface area contributed by atoms with Crippen LogP contribution in [-0.4, -0.2) is 37.1 Å². The van der Waals surface area contributed by atoms with E-state index in [-0.39, 0.29) is 0 Å². The van der Waals surface area contributed by atoms with Crippen LogP contribution in [0.15, 0.2) is 29.3 Å². The van der Waals surface area contributed by atoms with Crippen LogP contribution in [0.2, 0.25) is 0 Å². The highest BCUT2D eigenvalue weighted by molar-refractivity contribution is 5.77. The third-order valence-electron chi connectivity index (χ3n) is 3.27. The van der Waals surface area contributed by atoms with Crippen LogP contribution in [0.1, 0.15) is 33.3 Å². The van der Waals surface area contributed by atoms with Crippen LogP contribution in [0.4, 0.5) is 0 Å². The third kappa shape index (κ3) is 6.52. The SMILES string of the molecule is CCN(CC)C(N)=NCCc1ccc(OCC(C)C)cc1. The number of aliphatic imine (C=N–C) groups is 1. The highest BCUT2D eigenvalue weighted by Gasteiger charge is 2.02. The Hall–Kier alpha value is -1.71. The minimum Gasteiger partial charge on any atom is -0.493 e. The summed E-state index contributed by atoms with van der Waals surface area (Å²) in [5.41, 5.74) is 7.20. The third-order valence-corrected chi connectivity index (χ3v) is 3.27. The Labute approximate surface area is 129 Å². The molecule has 1 aromatic carbocycles. The first kappa shape index (κ1) is 17.3. The summed E-state index contributed by atoms with van der Waals surface area (Å²) in [6.45, 7) is 11.7. The van der Waals surface area contributed by atoms with E-state index in [0.717, 1.165) is 31.9 Å². The van der Waals surface area contributed by atoms with Crippen molar-refractivity contribution in [3.8, 4) is 5.75 Å². The molecule has 0 bridgehead atoms. The molecule has 0 spiro atoms. The molecule has 0 heterocycles. The van der Waals surface area contributed by atoms with Gasteiger partial charge in [0.05, 0.1) is 6.61 Å². The number of nitrogens with zero attached hydrogens (tertiary/aromatic N) is 2. The van der Waals surface area contributed by atoms with E-state index in [9.17, 15) is 0 Å². The molecule has 0 amide bonds. The van der Waals surface area contributed by atoms with Crippen LogP contribution in [0.25, 0.3) is 0 Å². The number of rotatable bonds is 8. The molecule has 21 heavy (non-hydrogen) atoms. The van der Waals surface area contributed by atoms with Crippen molar-refractivity contribution in [3.05, 3.63) is 29.8 Å². The first-order chi connectivity index (χ1) is 10.1. The topological polar surface area (TPSA) is 50.8 Å². The summed E-state index contributed by atoms with van der Waals surface area (Å²) in [4.78, 5) is 6.49. The van der Waals surface area contributed by atoms with E-state index in [1.54, 1.807) is 0 Å². The smallest absolute Gasteiger partial charge is 0.191 e. The average Bonchev–Trinajstić information content (AvgIpc) is 2.47. The molecule has 0 fully saturated rings. The van der Waals surface area contributed by atoms with Gasteiger partial charge in [0.15, 0.2) is 5.96 Å². The van der Waals surface area contributed by atoms with Gasteiger partial charge in [-0.25, -0.2) is 0 Å². The summed E-state index contributed by atoms with van der Waals surface area (Å²) >= 11 is 0. The predicted octanol–water partition coefficient (Wildman–Crippen LogP) is 2.92. The molecular formula is C17H29N3O. The molecule has 0 aliphatic heterocycles. The highest BCUT2D eigenvalue weighted by Crippen LogP contribution is 2.13. The molecule has 1 aromatic rings. The van der Waals surface area contributed by atoms with Crippen molar-refractivity contribution in [2.24, 2.45) is 16.6 Å². The molecule has 0 radical (unpaired) electrons. The van der Waals surface area contributed by atoms with Gasteiger partial charge in [-0.05, 0) is 43.9 Å². The van der Waals surface area contributed by atoms with E-state index >= 15 is 0 Å². The van der Waals surface area contributed by atoms with Gasteiger partial charge in [-0.2, -0.15) is 0 Å². The van der Waals surface area contributed by atoms with Crippen molar-refractivity contribution in [2.75, 3.05) is 26.2 Å². The first-order valence-corrected chi connectivity index (χ1v) is 7.83. The van der Waals surface area contributed by atoms with E-state index in [1.165, 1.54) is 5.56 Å². The van der Waals surface area contributed by atoms with Crippen LogP contribution in [-0.2, 0) is 6.42 Å². The van der Waals surface area contributed by atoms with Crippen molar-refractivity contribution in [1.82, 2.24) is 4.90 Å². The van der Waals surface area contributed by atoms with Crippen LogP contribution in [0, 0.1) is 5.92 Å². The largest absolute Gasteiger partial charge is 0.493 e. The lowest BCUT2D eigenvalue weighted by molar-refractivity contribution is 0.271. The van der Waals surface area contributed by atoms with Crippen LogP contribution in [0.3, 0.4) is 0 Å². The maximum atomic E-state index is 5.95. The number of hydrogen-bond acceptors (Lipinski definition) is 2. The lowest BCUT2D eigenvalue weighted by atomic mass is 10.1. The lowest BCUT2D eigenvalue weighted by Gasteiger charge is -2.19. The molecule has 0 aliphatic carbocycles. The second kappa shape index (κ2) is 9.27. The summed E-state index contributed by atoms with van der Waals surface area (Å²) in [5.74, 6) is 2.11. The standard InChI is InChI=1S/C17H29N3O/c1-5-20(6-2)17(18)19-12-11-15-7-9-16(10-8-15)21-13-14(3)4/h7-10,14H,5-6,11-13H2,1-4H3,(H2,18,19). The Morgan fingerprint density at radius 1 is 1.19 bits per heavy atom. The monoisotopic (exact) mass is 291 g/mol. The molecule has 2 N–H and O–H groups in total. The van der Waals surface area contributed by atoms with Gasteiger partial charge in [0.2, 0.25) is 0 Å². The Morgan fingerprint density at radius 2 is 1.81 bits per heavy atom. The molecule has 0 atom stereocenters. The second-order valence-electron chi connectivity index (χ2n) is 5.51. The molecule has 0 aromatic heterocycles. The molecule has 0 saturated carbocycles. The first-order valence-electron chi connectivity index (χ1n) is 7.83. The molecule has 1 rings (SSSR count). The molecule has 4 heteroatoms. The molecular weight excluding hydrogens is 262 g/mol. The van der Waals surface area contributed by atoms with Crippen LogP contribution in [0.5, 0.6) is 5.75 Å². The number of guanidine groups is 1. The molecule has 0 unspecified atom stereocenters. The van der Waals surface area contributed by atoms with Crippen molar-refractivity contribution < 1.29 is 4.74 Å². The van der Waals surface area contributed by atoms with E-state index in [0.29, 0.717) is 18.4 Å². The second-order valence-corrected chi connectivity index (χ2v) is 5.51. The molecule has 0 aliphatic rings. The van der Waals surface area contributed by atoms with Gasteiger partial charge in [-0.1, -0.05) is 26.0 Å². The average molecular weight is 291 g/mol. The van der Waals surface area contributed by atoms with E-state index in [2.05, 4.69) is 49.7 Å². The van der Waals surface area contributed by atoms with Crippen molar-refractivity contribution >= 4 is 5.96 Å². The minimum absolute atomic E-state index is 0.544. The Morgan fingerprint density at radius 3 is 2.33 bits per heavy atom. The van der Waals surface area contributed by atoms with Gasteiger partial charge >= 0.3 is 0 Å². The van der Waals surface area contributed by atoms with Crippen molar-refractivity contribution in [2.45, 2.75) is 34.1 Å². The highest BCUT2D eigenvalue weighted by atomic mass is 16.5. The Kier molecular flexibility index (Phi) is 7.65. The molecule has 0 saturated heterocycles. The van der Waals surface area contributed by atoms with Gasteiger partial charge in [0.25, 0.3) is 0 Å². The van der Waals surface area contributed by atoms with E-state index < -0.39 is 0 Å². The summed E-state index contributed by atoms with van der Waals surface area (Å²) in [5, 5.41) is 0. The van der Waals surface area contributed by atoms with E-state index in [1.807, 2.05) is 12.1 Å². The Balaban J connectivity index is 2.44. The predicted molar refractivity (Wildman–Crippen MR) is 89.9 cm³/mol. The normalized spacial score (nSPS) is 11.8. The van der Waals surface area contributed by atoms with Gasteiger partial charge in [-0.15, -0.1) is 0 Å². The zero-order valence-electron chi connectivity index (χ0n) is 13.8. The number of nitrogens with two attached hydrogens (primary N) is 1. The minimum atomic E-state index is 0.544. The van der Waals surface area contributed by atoms with E-state index in [4.69, 9.17) is 10.5 Å². The van der Waals surface area contributed by atoms with Gasteiger partial charge in [0.1, 0.15) is 5.75 Å². The fourth-order valence-electron chi connectivity index (χ4n) is 1.96. The van der Waals surface area contributed by atoms with Gasteiger partial charge in [-0.3, -0.25) is 4.99 Å². The van der Waals surface area contributed by atoms with Crippen LogP contribution < -0.4 is 10.5 Å². The number of benzene rings is 1. The quantitative estimate of drug-likeness (QED) is 0.592. The molecule has 4 nitrogen and oxygen atoms in total. The zero-order valence-corrected chi connectivity index (χ0v) is 13.8. The number of hydrogen-bond donors (Lipinski definition) is 1. The maximum Gasteiger partial charge on any atom is 0.191 e. The Bertz CT molecular complexity index is 422. The fourth-order valence-corrected chi connectivity index (χ4v) is 1.96. The maximum absolute atomic E-state index is 5.95. The zero-order chi connectivity index (χ0) is 15.7. The summed E-state index contributed by atoms with van der Waals surface area (Å²) in [7, 11) is 0.